The van der Waals surface area contributed by atoms with Gasteiger partial charge in [0.1, 0.15) is 0 Å². The zero-order chi connectivity index (χ0) is 14.9. The van der Waals surface area contributed by atoms with Crippen LogP contribution < -0.4 is 5.32 Å². The van der Waals surface area contributed by atoms with Gasteiger partial charge in [0.25, 0.3) is 0 Å². The van der Waals surface area contributed by atoms with Crippen LogP contribution in [0.5, 0.6) is 0 Å². The van der Waals surface area contributed by atoms with Crippen LogP contribution in [-0.4, -0.2) is 6.04 Å². The number of hydrogen-bond donors (Lipinski definition) is 1. The highest BCUT2D eigenvalue weighted by Crippen LogP contribution is 2.44. The van der Waals surface area contributed by atoms with E-state index in [1.807, 2.05) is 24.3 Å². The van der Waals surface area contributed by atoms with Crippen LogP contribution in [0.4, 0.5) is 0 Å². The van der Waals surface area contributed by atoms with E-state index in [0.717, 1.165) is 22.7 Å². The number of benzene rings is 1. The van der Waals surface area contributed by atoms with E-state index in [1.165, 1.54) is 4.88 Å². The molecule has 1 aliphatic carbocycles. The zero-order valence-electron chi connectivity index (χ0n) is 11.8. The first kappa shape index (κ1) is 14.6. The van der Waals surface area contributed by atoms with Gasteiger partial charge in [0.15, 0.2) is 0 Å². The molecule has 1 unspecified atom stereocenters. The Hall–Kier alpha value is -1.34. The maximum atomic E-state index is 9.57. The van der Waals surface area contributed by atoms with Crippen LogP contribution in [0.15, 0.2) is 42.5 Å². The molecular weight excluding hydrogens is 300 g/mol. The van der Waals surface area contributed by atoms with E-state index in [-0.39, 0.29) is 11.5 Å². The average molecular weight is 317 g/mol. The summed E-state index contributed by atoms with van der Waals surface area (Å²) in [7, 11) is 0. The summed E-state index contributed by atoms with van der Waals surface area (Å²) in [5.74, 6) is 0. The molecule has 1 aromatic heterocycles. The molecule has 1 aromatic carbocycles. The highest BCUT2D eigenvalue weighted by atomic mass is 35.5. The third-order valence-corrected chi connectivity index (χ3v) is 5.65. The van der Waals surface area contributed by atoms with Gasteiger partial charge >= 0.3 is 0 Å². The normalized spacial score (nSPS) is 25.9. The number of nitrogens with one attached hydrogen (secondary N) is 1. The molecule has 0 bridgehead atoms. The summed E-state index contributed by atoms with van der Waals surface area (Å²) in [4.78, 5) is 1.24. The van der Waals surface area contributed by atoms with Gasteiger partial charge in [0, 0.05) is 17.0 Å². The Balaban J connectivity index is 1.64. The topological polar surface area (TPSA) is 35.8 Å². The lowest BCUT2D eigenvalue weighted by molar-refractivity contribution is 0.213. The predicted molar refractivity (Wildman–Crippen MR) is 87.6 cm³/mol. The Bertz CT molecular complexity index is 653. The molecule has 0 spiro atoms. The van der Waals surface area contributed by atoms with Gasteiger partial charge in [-0.05, 0) is 37.5 Å². The minimum Gasteiger partial charge on any atom is -0.307 e. The summed E-state index contributed by atoms with van der Waals surface area (Å²) >= 11 is 7.60. The average Bonchev–Trinajstić information content (AvgIpc) is 2.90. The highest BCUT2D eigenvalue weighted by Gasteiger charge is 2.46. The molecule has 0 radical (unpaired) electrons. The summed E-state index contributed by atoms with van der Waals surface area (Å²) in [5, 5.41) is 13.2. The number of rotatable bonds is 4. The van der Waals surface area contributed by atoms with E-state index >= 15 is 0 Å². The molecule has 108 valence electrons. The number of thiophene rings is 1. The van der Waals surface area contributed by atoms with E-state index in [0.29, 0.717) is 6.04 Å². The number of nitriles is 1. The van der Waals surface area contributed by atoms with E-state index < -0.39 is 0 Å². The van der Waals surface area contributed by atoms with Gasteiger partial charge in [-0.3, -0.25) is 0 Å². The molecule has 1 aliphatic rings. The van der Waals surface area contributed by atoms with Crippen LogP contribution >= 0.6 is 22.9 Å². The Morgan fingerprint density at radius 3 is 2.57 bits per heavy atom. The lowest BCUT2D eigenvalue weighted by Crippen LogP contribution is -2.51. The van der Waals surface area contributed by atoms with Crippen molar-refractivity contribution < 1.29 is 0 Å². The van der Waals surface area contributed by atoms with Crippen molar-refractivity contribution in [1.82, 2.24) is 5.32 Å². The second-order valence-corrected chi connectivity index (χ2v) is 7.44. The van der Waals surface area contributed by atoms with E-state index in [2.05, 4.69) is 36.5 Å². The van der Waals surface area contributed by atoms with Gasteiger partial charge in [-0.2, -0.15) is 5.26 Å². The lowest BCUT2D eigenvalue weighted by Gasteiger charge is -2.44. The summed E-state index contributed by atoms with van der Waals surface area (Å²) in [6.07, 6.45) is 1.74. The quantitative estimate of drug-likeness (QED) is 0.889. The Morgan fingerprint density at radius 2 is 2.00 bits per heavy atom. The first-order valence-electron chi connectivity index (χ1n) is 7.11. The molecule has 1 atom stereocenters. The molecule has 2 nitrogen and oxygen atoms in total. The third kappa shape index (κ3) is 2.85. The molecule has 1 saturated carbocycles. The summed E-state index contributed by atoms with van der Waals surface area (Å²) in [6, 6.07) is 17.3. The Kier molecular flexibility index (Phi) is 4.03. The first-order valence-corrected chi connectivity index (χ1v) is 8.30. The monoisotopic (exact) mass is 316 g/mol. The van der Waals surface area contributed by atoms with Crippen molar-refractivity contribution in [3.05, 3.63) is 57.2 Å². The SMILES string of the molecule is CC(NC1CC(C#N)(c2ccccc2)C1)c1ccc(Cl)s1. The van der Waals surface area contributed by atoms with E-state index in [4.69, 9.17) is 11.6 Å². The fourth-order valence-electron chi connectivity index (χ4n) is 3.04. The Morgan fingerprint density at radius 1 is 1.29 bits per heavy atom. The molecule has 0 aliphatic heterocycles. The minimum absolute atomic E-state index is 0.278. The van der Waals surface area contributed by atoms with Crippen LogP contribution in [0, 0.1) is 11.3 Å². The van der Waals surface area contributed by atoms with Crippen molar-refractivity contribution in [3.8, 4) is 6.07 Å². The van der Waals surface area contributed by atoms with Gasteiger partial charge in [0.05, 0.1) is 15.8 Å². The van der Waals surface area contributed by atoms with Crippen molar-refractivity contribution in [2.75, 3.05) is 0 Å². The highest BCUT2D eigenvalue weighted by molar-refractivity contribution is 7.16. The van der Waals surface area contributed by atoms with Gasteiger partial charge in [-0.15, -0.1) is 11.3 Å². The van der Waals surface area contributed by atoms with Crippen molar-refractivity contribution >= 4 is 22.9 Å². The first-order chi connectivity index (χ1) is 10.1. The van der Waals surface area contributed by atoms with Crippen LogP contribution in [0.25, 0.3) is 0 Å². The largest absolute Gasteiger partial charge is 0.307 e. The van der Waals surface area contributed by atoms with Crippen molar-refractivity contribution in [1.29, 1.82) is 5.26 Å². The predicted octanol–water partition coefficient (Wildman–Crippen LogP) is 4.68. The minimum atomic E-state index is -0.314. The number of hydrogen-bond acceptors (Lipinski definition) is 3. The maximum absolute atomic E-state index is 9.57. The second-order valence-electron chi connectivity index (χ2n) is 5.70. The Labute approximate surface area is 134 Å². The molecule has 0 saturated heterocycles. The molecule has 1 fully saturated rings. The van der Waals surface area contributed by atoms with Crippen LogP contribution in [0.3, 0.4) is 0 Å². The molecule has 2 aromatic rings. The van der Waals surface area contributed by atoms with Crippen LogP contribution in [-0.2, 0) is 5.41 Å². The van der Waals surface area contributed by atoms with Crippen LogP contribution in [0.2, 0.25) is 4.34 Å². The summed E-state index contributed by atoms with van der Waals surface area (Å²) in [5.41, 5.74) is 0.823. The molecular formula is C17H17ClN2S. The van der Waals surface area contributed by atoms with Crippen molar-refractivity contribution in [2.24, 2.45) is 0 Å². The fraction of sp³-hybridized carbons (Fsp3) is 0.353. The van der Waals surface area contributed by atoms with Crippen molar-refractivity contribution in [3.63, 3.8) is 0 Å². The molecule has 0 amide bonds. The smallest absolute Gasteiger partial charge is 0.0931 e. The molecule has 3 rings (SSSR count). The number of nitrogens with zero attached hydrogens (tertiary/aromatic N) is 1. The zero-order valence-corrected chi connectivity index (χ0v) is 13.4. The van der Waals surface area contributed by atoms with E-state index in [9.17, 15) is 5.26 Å². The third-order valence-electron chi connectivity index (χ3n) is 4.24. The second kappa shape index (κ2) is 5.81. The summed E-state index contributed by atoms with van der Waals surface area (Å²) in [6.45, 7) is 2.15. The molecule has 1 N–H and O–H groups in total. The van der Waals surface area contributed by atoms with Crippen LogP contribution in [0.1, 0.15) is 36.2 Å². The molecule has 1 heterocycles. The lowest BCUT2D eigenvalue weighted by atomic mass is 9.62. The van der Waals surface area contributed by atoms with Crippen molar-refractivity contribution in [2.45, 2.75) is 37.3 Å². The summed E-state index contributed by atoms with van der Waals surface area (Å²) < 4.78 is 0.822. The maximum Gasteiger partial charge on any atom is 0.0931 e. The number of halogens is 1. The standard InChI is InChI=1S/C17H17ClN2S/c1-12(15-7-8-16(18)21-15)20-14-9-17(10-14,11-19)13-5-3-2-4-6-13/h2-8,12,14,20H,9-10H2,1H3. The fourth-order valence-corrected chi connectivity index (χ4v) is 4.12. The van der Waals surface area contributed by atoms with Gasteiger partial charge < -0.3 is 5.32 Å². The van der Waals surface area contributed by atoms with E-state index in [1.54, 1.807) is 11.3 Å². The van der Waals surface area contributed by atoms with Gasteiger partial charge in [-0.25, -0.2) is 0 Å². The molecule has 4 heteroatoms. The molecule has 21 heavy (non-hydrogen) atoms. The van der Waals surface area contributed by atoms with Gasteiger partial charge in [-0.1, -0.05) is 41.9 Å². The van der Waals surface area contributed by atoms with Gasteiger partial charge in [0.2, 0.25) is 0 Å².